The Morgan fingerprint density at radius 3 is 2.46 bits per heavy atom. The first kappa shape index (κ1) is 18.0. The van der Waals surface area contributed by atoms with Crippen LogP contribution < -0.4 is 0 Å². The van der Waals surface area contributed by atoms with E-state index in [0.717, 1.165) is 57.6 Å². The number of hydrogen-bond donors (Lipinski definition) is 0. The van der Waals surface area contributed by atoms with Crippen molar-refractivity contribution in [2.24, 2.45) is 5.41 Å². The maximum atomic E-state index is 13.6. The molecular formula is C21H33N3O2. The van der Waals surface area contributed by atoms with Crippen molar-refractivity contribution in [3.63, 3.8) is 0 Å². The van der Waals surface area contributed by atoms with Crippen molar-refractivity contribution >= 4 is 11.8 Å². The second kappa shape index (κ2) is 6.99. The van der Waals surface area contributed by atoms with Crippen LogP contribution in [0.1, 0.15) is 65.2 Å². The van der Waals surface area contributed by atoms with Crippen molar-refractivity contribution < 1.29 is 9.59 Å². The lowest BCUT2D eigenvalue weighted by Gasteiger charge is -2.47. The number of nitrogens with zero attached hydrogens (tertiary/aromatic N) is 3. The number of fused-ring (bicyclic) bond motifs is 1. The van der Waals surface area contributed by atoms with Crippen molar-refractivity contribution in [2.45, 2.75) is 77.3 Å². The molecule has 0 radical (unpaired) electrons. The van der Waals surface area contributed by atoms with E-state index in [1.54, 1.807) is 0 Å². The Balaban J connectivity index is 1.54. The monoisotopic (exact) mass is 359 g/mol. The zero-order valence-corrected chi connectivity index (χ0v) is 16.4. The van der Waals surface area contributed by atoms with E-state index in [4.69, 9.17) is 0 Å². The van der Waals surface area contributed by atoms with Gasteiger partial charge in [0.2, 0.25) is 11.8 Å². The Kier molecular flexibility index (Phi) is 4.84. The van der Waals surface area contributed by atoms with Gasteiger partial charge >= 0.3 is 0 Å². The molecule has 0 aromatic rings. The summed E-state index contributed by atoms with van der Waals surface area (Å²) in [5.74, 6) is 0.540. The van der Waals surface area contributed by atoms with Crippen LogP contribution in [0.15, 0.2) is 11.8 Å². The van der Waals surface area contributed by atoms with E-state index < -0.39 is 5.41 Å². The van der Waals surface area contributed by atoms with Gasteiger partial charge in [-0.3, -0.25) is 14.5 Å². The average molecular weight is 360 g/mol. The summed E-state index contributed by atoms with van der Waals surface area (Å²) < 4.78 is 0. The molecular weight excluding hydrogens is 326 g/mol. The Morgan fingerprint density at radius 2 is 1.81 bits per heavy atom. The first-order valence-electron chi connectivity index (χ1n) is 10.6. The van der Waals surface area contributed by atoms with Crippen molar-refractivity contribution in [1.82, 2.24) is 14.7 Å². The summed E-state index contributed by atoms with van der Waals surface area (Å²) in [4.78, 5) is 33.0. The highest BCUT2D eigenvalue weighted by molar-refractivity contribution is 5.91. The van der Waals surface area contributed by atoms with E-state index in [0.29, 0.717) is 30.8 Å². The van der Waals surface area contributed by atoms with Crippen LogP contribution in [-0.4, -0.2) is 64.8 Å². The van der Waals surface area contributed by atoms with Gasteiger partial charge in [-0.2, -0.15) is 0 Å². The molecule has 0 aromatic heterocycles. The van der Waals surface area contributed by atoms with Crippen LogP contribution in [0.3, 0.4) is 0 Å². The van der Waals surface area contributed by atoms with E-state index in [9.17, 15) is 9.59 Å². The molecule has 1 atom stereocenters. The Labute approximate surface area is 157 Å². The van der Waals surface area contributed by atoms with E-state index in [1.165, 1.54) is 12.8 Å². The van der Waals surface area contributed by atoms with E-state index in [1.807, 2.05) is 0 Å². The highest BCUT2D eigenvalue weighted by Gasteiger charge is 2.53. The molecule has 4 rings (SSSR count). The smallest absolute Gasteiger partial charge is 0.234 e. The lowest BCUT2D eigenvalue weighted by molar-refractivity contribution is -0.149. The molecule has 5 nitrogen and oxygen atoms in total. The first-order valence-corrected chi connectivity index (χ1v) is 10.6. The summed E-state index contributed by atoms with van der Waals surface area (Å²) in [5.41, 5.74) is 0.646. The predicted molar refractivity (Wildman–Crippen MR) is 101 cm³/mol. The molecule has 4 aliphatic rings. The quantitative estimate of drug-likeness (QED) is 0.778. The van der Waals surface area contributed by atoms with Gasteiger partial charge in [0.15, 0.2) is 0 Å². The maximum absolute atomic E-state index is 13.6. The van der Waals surface area contributed by atoms with Gasteiger partial charge in [0.1, 0.15) is 0 Å². The minimum atomic E-state index is -0.420. The number of piperazine rings is 1. The van der Waals surface area contributed by atoms with Gasteiger partial charge in [-0.25, -0.2) is 0 Å². The van der Waals surface area contributed by atoms with E-state index >= 15 is 0 Å². The van der Waals surface area contributed by atoms with Gasteiger partial charge in [0, 0.05) is 50.4 Å². The third-order valence-electron chi connectivity index (χ3n) is 7.12. The molecule has 0 bridgehead atoms. The van der Waals surface area contributed by atoms with Crippen molar-refractivity contribution in [3.8, 4) is 0 Å². The normalized spacial score (nSPS) is 30.9. The molecule has 2 saturated heterocycles. The SMILES string of the molecule is CC(C)N1CCN(C(=O)C23CCC=C2N(C2CCCC2)C(=O)CC3)CC1. The molecule has 0 aromatic carbocycles. The molecule has 2 heterocycles. The minimum absolute atomic E-state index is 0.248. The Bertz CT molecular complexity index is 600. The second-order valence-electron chi connectivity index (χ2n) is 8.83. The van der Waals surface area contributed by atoms with Gasteiger partial charge < -0.3 is 9.80 Å². The summed E-state index contributed by atoms with van der Waals surface area (Å²) in [6.45, 7) is 8.01. The molecule has 1 unspecified atom stereocenters. The third kappa shape index (κ3) is 2.88. The number of amides is 2. The second-order valence-corrected chi connectivity index (χ2v) is 8.83. The Morgan fingerprint density at radius 1 is 1.12 bits per heavy atom. The van der Waals surface area contributed by atoms with Crippen LogP contribution >= 0.6 is 0 Å². The van der Waals surface area contributed by atoms with Crippen LogP contribution in [0.2, 0.25) is 0 Å². The maximum Gasteiger partial charge on any atom is 0.234 e. The number of piperidine rings is 1. The van der Waals surface area contributed by atoms with Gasteiger partial charge in [0.25, 0.3) is 0 Å². The molecule has 1 saturated carbocycles. The fraction of sp³-hybridized carbons (Fsp3) is 0.810. The molecule has 144 valence electrons. The Hall–Kier alpha value is -1.36. The third-order valence-corrected chi connectivity index (χ3v) is 7.12. The topological polar surface area (TPSA) is 43.9 Å². The first-order chi connectivity index (χ1) is 12.5. The van der Waals surface area contributed by atoms with E-state index in [-0.39, 0.29) is 5.91 Å². The summed E-state index contributed by atoms with van der Waals surface area (Å²) in [7, 11) is 0. The molecule has 0 N–H and O–H groups in total. The number of rotatable bonds is 3. The summed E-state index contributed by atoms with van der Waals surface area (Å²) in [6.07, 6.45) is 9.89. The minimum Gasteiger partial charge on any atom is -0.339 e. The van der Waals surface area contributed by atoms with E-state index in [2.05, 4.69) is 34.6 Å². The average Bonchev–Trinajstić information content (AvgIpc) is 3.31. The van der Waals surface area contributed by atoms with Crippen LogP contribution in [0.5, 0.6) is 0 Å². The fourth-order valence-electron chi connectivity index (χ4n) is 5.57. The highest BCUT2D eigenvalue weighted by Crippen LogP contribution is 2.51. The lowest BCUT2D eigenvalue weighted by Crippen LogP contribution is -2.58. The van der Waals surface area contributed by atoms with Gasteiger partial charge in [-0.1, -0.05) is 18.9 Å². The van der Waals surface area contributed by atoms with Gasteiger partial charge in [-0.15, -0.1) is 0 Å². The molecule has 2 amide bonds. The van der Waals surface area contributed by atoms with Gasteiger partial charge in [0.05, 0.1) is 5.41 Å². The van der Waals surface area contributed by atoms with Crippen LogP contribution in [0.25, 0.3) is 0 Å². The number of carbonyl (C=O) groups is 2. The summed E-state index contributed by atoms with van der Waals surface area (Å²) in [6, 6.07) is 0.870. The highest BCUT2D eigenvalue weighted by atomic mass is 16.2. The number of carbonyl (C=O) groups excluding carboxylic acids is 2. The van der Waals surface area contributed by atoms with Crippen molar-refractivity contribution in [3.05, 3.63) is 11.8 Å². The number of likely N-dealkylation sites (tertiary alicyclic amines) is 1. The van der Waals surface area contributed by atoms with Crippen molar-refractivity contribution in [2.75, 3.05) is 26.2 Å². The van der Waals surface area contributed by atoms with Gasteiger partial charge in [-0.05, 0) is 46.0 Å². The summed E-state index contributed by atoms with van der Waals surface area (Å²) >= 11 is 0. The molecule has 2 aliphatic heterocycles. The lowest BCUT2D eigenvalue weighted by atomic mass is 9.75. The van der Waals surface area contributed by atoms with Crippen LogP contribution in [0, 0.1) is 5.41 Å². The largest absolute Gasteiger partial charge is 0.339 e. The zero-order valence-electron chi connectivity index (χ0n) is 16.4. The number of hydrogen-bond acceptors (Lipinski definition) is 3. The molecule has 3 fully saturated rings. The fourth-order valence-corrected chi connectivity index (χ4v) is 5.57. The zero-order chi connectivity index (χ0) is 18.3. The molecule has 2 aliphatic carbocycles. The molecule has 5 heteroatoms. The van der Waals surface area contributed by atoms with Crippen molar-refractivity contribution in [1.29, 1.82) is 0 Å². The standard InChI is InChI=1S/C21H33N3O2/c1-16(2)22-12-14-23(15-13-22)20(26)21-10-5-8-18(21)24(19(25)9-11-21)17-6-3-4-7-17/h8,16-17H,3-7,9-15H2,1-2H3. The predicted octanol–water partition coefficient (Wildman–Crippen LogP) is 2.77. The van der Waals surface area contributed by atoms with Crippen LogP contribution in [0.4, 0.5) is 0 Å². The number of allylic oxidation sites excluding steroid dienone is 1. The van der Waals surface area contributed by atoms with Crippen LogP contribution in [-0.2, 0) is 9.59 Å². The molecule has 26 heavy (non-hydrogen) atoms. The summed E-state index contributed by atoms with van der Waals surface area (Å²) in [5, 5.41) is 0. The molecule has 0 spiro atoms.